The first-order valence-corrected chi connectivity index (χ1v) is 6.60. The summed E-state index contributed by atoms with van der Waals surface area (Å²) in [6.45, 7) is 8.05. The van der Waals surface area contributed by atoms with Gasteiger partial charge in [0.05, 0.1) is 6.04 Å². The summed E-state index contributed by atoms with van der Waals surface area (Å²) in [7, 11) is 0. The monoisotopic (exact) mass is 226 g/mol. The van der Waals surface area contributed by atoms with Crippen LogP contribution in [0.1, 0.15) is 46.5 Å². The maximum atomic E-state index is 12.0. The molecule has 1 heterocycles. The van der Waals surface area contributed by atoms with Crippen LogP contribution in [-0.4, -0.2) is 29.9 Å². The van der Waals surface area contributed by atoms with Gasteiger partial charge in [-0.2, -0.15) is 0 Å². The predicted octanol–water partition coefficient (Wildman–Crippen LogP) is 2.01. The average molecular weight is 226 g/mol. The largest absolute Gasteiger partial charge is 0.341 e. The van der Waals surface area contributed by atoms with Crippen LogP contribution in [0.25, 0.3) is 0 Å². The Morgan fingerprint density at radius 2 is 1.94 bits per heavy atom. The molecule has 3 heteroatoms. The highest BCUT2D eigenvalue weighted by Gasteiger charge is 2.27. The molecule has 0 aromatic rings. The fourth-order valence-electron chi connectivity index (χ4n) is 2.35. The van der Waals surface area contributed by atoms with Gasteiger partial charge in [-0.1, -0.05) is 33.6 Å². The van der Waals surface area contributed by atoms with E-state index >= 15 is 0 Å². The Labute approximate surface area is 99.4 Å². The van der Waals surface area contributed by atoms with E-state index in [0.29, 0.717) is 0 Å². The normalized spacial score (nSPS) is 20.2. The van der Waals surface area contributed by atoms with Gasteiger partial charge in [0.15, 0.2) is 0 Å². The van der Waals surface area contributed by atoms with Gasteiger partial charge in [-0.25, -0.2) is 0 Å². The standard InChI is InChI=1S/C13H26N2O/c1-4-5-11-6-8-15(9-7-11)13(16)12(14)10(2)3/h10-12H,4-9,14H2,1-3H3. The van der Waals surface area contributed by atoms with Crippen molar-refractivity contribution in [2.45, 2.75) is 52.5 Å². The number of hydrogen-bond donors (Lipinski definition) is 1. The smallest absolute Gasteiger partial charge is 0.239 e. The average Bonchev–Trinajstić information content (AvgIpc) is 2.28. The van der Waals surface area contributed by atoms with Crippen LogP contribution in [0, 0.1) is 11.8 Å². The summed E-state index contributed by atoms with van der Waals surface area (Å²) in [5.74, 6) is 1.20. The number of nitrogens with two attached hydrogens (primary N) is 1. The third-order valence-corrected chi connectivity index (χ3v) is 3.63. The molecule has 1 atom stereocenters. The highest BCUT2D eigenvalue weighted by molar-refractivity contribution is 5.81. The summed E-state index contributed by atoms with van der Waals surface area (Å²) in [6.07, 6.45) is 4.87. The first kappa shape index (κ1) is 13.5. The topological polar surface area (TPSA) is 46.3 Å². The molecule has 0 aliphatic carbocycles. The fourth-order valence-corrected chi connectivity index (χ4v) is 2.35. The fraction of sp³-hybridized carbons (Fsp3) is 0.923. The van der Waals surface area contributed by atoms with Gasteiger partial charge in [-0.05, 0) is 24.7 Å². The molecule has 1 aliphatic rings. The molecule has 2 N–H and O–H groups in total. The molecule has 1 fully saturated rings. The van der Waals surface area contributed by atoms with Gasteiger partial charge in [-0.3, -0.25) is 4.79 Å². The molecule has 1 saturated heterocycles. The molecule has 0 radical (unpaired) electrons. The van der Waals surface area contributed by atoms with Crippen molar-refractivity contribution in [3.8, 4) is 0 Å². The molecule has 94 valence electrons. The van der Waals surface area contributed by atoms with Crippen molar-refractivity contribution in [1.82, 2.24) is 4.90 Å². The van der Waals surface area contributed by atoms with E-state index in [2.05, 4.69) is 6.92 Å². The first-order valence-electron chi connectivity index (χ1n) is 6.60. The minimum absolute atomic E-state index is 0.143. The zero-order valence-electron chi connectivity index (χ0n) is 10.9. The van der Waals surface area contributed by atoms with Crippen molar-refractivity contribution in [2.75, 3.05) is 13.1 Å². The molecule has 1 amide bonds. The molecule has 0 bridgehead atoms. The molecule has 1 unspecified atom stereocenters. The van der Waals surface area contributed by atoms with Gasteiger partial charge >= 0.3 is 0 Å². The van der Waals surface area contributed by atoms with Gasteiger partial charge in [0.25, 0.3) is 0 Å². The second-order valence-electron chi connectivity index (χ2n) is 5.33. The Balaban J connectivity index is 2.38. The van der Waals surface area contributed by atoms with Gasteiger partial charge in [0.2, 0.25) is 5.91 Å². The molecule has 0 saturated carbocycles. The maximum absolute atomic E-state index is 12.0. The van der Waals surface area contributed by atoms with Crippen LogP contribution in [-0.2, 0) is 4.79 Å². The molecule has 0 aromatic heterocycles. The van der Waals surface area contributed by atoms with Crippen LogP contribution < -0.4 is 5.73 Å². The predicted molar refractivity (Wildman–Crippen MR) is 67.0 cm³/mol. The number of carbonyl (C=O) groups is 1. The minimum Gasteiger partial charge on any atom is -0.341 e. The van der Waals surface area contributed by atoms with Gasteiger partial charge in [-0.15, -0.1) is 0 Å². The van der Waals surface area contributed by atoms with Crippen molar-refractivity contribution in [2.24, 2.45) is 17.6 Å². The van der Waals surface area contributed by atoms with Crippen molar-refractivity contribution in [3.63, 3.8) is 0 Å². The summed E-state index contributed by atoms with van der Waals surface area (Å²) in [4.78, 5) is 14.0. The van der Waals surface area contributed by atoms with E-state index in [-0.39, 0.29) is 17.9 Å². The summed E-state index contributed by atoms with van der Waals surface area (Å²) in [6, 6.07) is -0.317. The number of likely N-dealkylation sites (tertiary alicyclic amines) is 1. The zero-order valence-corrected chi connectivity index (χ0v) is 10.9. The summed E-state index contributed by atoms with van der Waals surface area (Å²) in [5.41, 5.74) is 5.89. The van der Waals surface area contributed by atoms with Crippen LogP contribution in [0.2, 0.25) is 0 Å². The van der Waals surface area contributed by atoms with Crippen LogP contribution in [0.15, 0.2) is 0 Å². The SMILES string of the molecule is CCCC1CCN(C(=O)C(N)C(C)C)CC1. The molecule has 1 aliphatic heterocycles. The zero-order chi connectivity index (χ0) is 12.1. The number of amides is 1. The van der Waals surface area contributed by atoms with E-state index in [1.807, 2.05) is 18.7 Å². The Morgan fingerprint density at radius 1 is 1.38 bits per heavy atom. The number of carbonyl (C=O) groups excluding carboxylic acids is 1. The molecule has 1 rings (SSSR count). The van der Waals surface area contributed by atoms with Gasteiger partial charge in [0, 0.05) is 13.1 Å². The minimum atomic E-state index is -0.317. The number of nitrogens with zero attached hydrogens (tertiary/aromatic N) is 1. The highest BCUT2D eigenvalue weighted by Crippen LogP contribution is 2.22. The van der Waals surface area contributed by atoms with Crippen molar-refractivity contribution >= 4 is 5.91 Å². The van der Waals surface area contributed by atoms with E-state index in [0.717, 1.165) is 31.8 Å². The van der Waals surface area contributed by atoms with Crippen LogP contribution in [0.3, 0.4) is 0 Å². The summed E-state index contributed by atoms with van der Waals surface area (Å²) in [5, 5.41) is 0. The Hall–Kier alpha value is -0.570. The van der Waals surface area contributed by atoms with Crippen LogP contribution in [0.5, 0.6) is 0 Å². The van der Waals surface area contributed by atoms with E-state index < -0.39 is 0 Å². The maximum Gasteiger partial charge on any atom is 0.239 e. The summed E-state index contributed by atoms with van der Waals surface area (Å²) < 4.78 is 0. The lowest BCUT2D eigenvalue weighted by molar-refractivity contribution is -0.135. The van der Waals surface area contributed by atoms with Crippen molar-refractivity contribution < 1.29 is 4.79 Å². The third kappa shape index (κ3) is 3.48. The summed E-state index contributed by atoms with van der Waals surface area (Å²) >= 11 is 0. The number of piperidine rings is 1. The quantitative estimate of drug-likeness (QED) is 0.797. The number of rotatable bonds is 4. The lowest BCUT2D eigenvalue weighted by Gasteiger charge is -2.34. The molecule has 0 aromatic carbocycles. The molecule has 16 heavy (non-hydrogen) atoms. The Kier molecular flexibility index (Phi) is 5.26. The van der Waals surface area contributed by atoms with E-state index in [1.54, 1.807) is 0 Å². The number of hydrogen-bond acceptors (Lipinski definition) is 2. The molecule has 3 nitrogen and oxygen atoms in total. The second kappa shape index (κ2) is 6.24. The van der Waals surface area contributed by atoms with E-state index in [1.165, 1.54) is 12.8 Å². The van der Waals surface area contributed by atoms with Gasteiger partial charge < -0.3 is 10.6 Å². The lowest BCUT2D eigenvalue weighted by Crippen LogP contribution is -2.49. The van der Waals surface area contributed by atoms with E-state index in [4.69, 9.17) is 5.73 Å². The van der Waals surface area contributed by atoms with Crippen LogP contribution >= 0.6 is 0 Å². The molecular weight excluding hydrogens is 200 g/mol. The first-order chi connectivity index (χ1) is 7.56. The van der Waals surface area contributed by atoms with Crippen molar-refractivity contribution in [1.29, 1.82) is 0 Å². The van der Waals surface area contributed by atoms with Gasteiger partial charge in [0.1, 0.15) is 0 Å². The second-order valence-corrected chi connectivity index (χ2v) is 5.33. The molecule has 0 spiro atoms. The van der Waals surface area contributed by atoms with E-state index in [9.17, 15) is 4.79 Å². The third-order valence-electron chi connectivity index (χ3n) is 3.63. The van der Waals surface area contributed by atoms with Crippen LogP contribution in [0.4, 0.5) is 0 Å². The highest BCUT2D eigenvalue weighted by atomic mass is 16.2. The Morgan fingerprint density at radius 3 is 2.38 bits per heavy atom. The lowest BCUT2D eigenvalue weighted by atomic mass is 9.92. The van der Waals surface area contributed by atoms with Crippen molar-refractivity contribution in [3.05, 3.63) is 0 Å². The molecular formula is C13H26N2O. The Bertz CT molecular complexity index is 220.